The van der Waals surface area contributed by atoms with Crippen molar-refractivity contribution in [3.05, 3.63) is 59.7 Å². The van der Waals surface area contributed by atoms with E-state index in [0.29, 0.717) is 5.75 Å². The van der Waals surface area contributed by atoms with Crippen molar-refractivity contribution in [2.75, 3.05) is 11.9 Å². The van der Waals surface area contributed by atoms with E-state index in [1.54, 1.807) is 6.07 Å². The zero-order valence-electron chi connectivity index (χ0n) is 12.4. The molecular weight excluding hydrogens is 288 g/mol. The number of nitrogens with one attached hydrogen (secondary N) is 1. The van der Waals surface area contributed by atoms with E-state index >= 15 is 0 Å². The predicted octanol–water partition coefficient (Wildman–Crippen LogP) is 4.11. The summed E-state index contributed by atoms with van der Waals surface area (Å²) >= 11 is 0. The number of ether oxygens (including phenoxy) is 1. The molecule has 0 spiro atoms. The third-order valence-electron chi connectivity index (χ3n) is 3.10. The minimum atomic E-state index is -1.01. The maximum Gasteiger partial charge on any atom is 0.262 e. The molecule has 0 saturated carbocycles. The summed E-state index contributed by atoms with van der Waals surface area (Å²) in [4.78, 5) is 11.8. The second kappa shape index (κ2) is 7.02. The molecule has 1 amide bonds. The van der Waals surface area contributed by atoms with Gasteiger partial charge in [-0.1, -0.05) is 32.0 Å². The molecule has 2 aromatic carbocycles. The Morgan fingerprint density at radius 3 is 2.55 bits per heavy atom. The molecule has 0 bridgehead atoms. The molecule has 0 aliphatic rings. The van der Waals surface area contributed by atoms with Gasteiger partial charge in [0.15, 0.2) is 18.2 Å². The highest BCUT2D eigenvalue weighted by Gasteiger charge is 2.10. The van der Waals surface area contributed by atoms with Crippen molar-refractivity contribution in [1.29, 1.82) is 0 Å². The molecule has 0 heterocycles. The van der Waals surface area contributed by atoms with E-state index in [2.05, 4.69) is 5.32 Å². The Morgan fingerprint density at radius 2 is 1.86 bits per heavy atom. The number of anilines is 1. The number of amides is 1. The molecule has 0 radical (unpaired) electrons. The first-order chi connectivity index (χ1) is 10.5. The molecule has 2 aromatic rings. The molecule has 3 nitrogen and oxygen atoms in total. The lowest BCUT2D eigenvalue weighted by molar-refractivity contribution is -0.118. The van der Waals surface area contributed by atoms with Crippen molar-refractivity contribution < 1.29 is 18.3 Å². The Bertz CT molecular complexity index is 671. The van der Waals surface area contributed by atoms with Crippen LogP contribution in [0.3, 0.4) is 0 Å². The Hall–Kier alpha value is -2.43. The van der Waals surface area contributed by atoms with Crippen molar-refractivity contribution in [3.63, 3.8) is 0 Å². The van der Waals surface area contributed by atoms with E-state index < -0.39 is 17.5 Å². The van der Waals surface area contributed by atoms with E-state index in [-0.39, 0.29) is 18.2 Å². The summed E-state index contributed by atoms with van der Waals surface area (Å²) < 4.78 is 31.4. The molecule has 0 aliphatic heterocycles. The number of carbonyl (C=O) groups is 1. The SMILES string of the molecule is CC(C)c1ccccc1OCC(=O)Nc1ccc(F)c(F)c1. The first-order valence-corrected chi connectivity index (χ1v) is 6.94. The van der Waals surface area contributed by atoms with Gasteiger partial charge >= 0.3 is 0 Å². The molecule has 0 fully saturated rings. The number of halogens is 2. The fourth-order valence-electron chi connectivity index (χ4n) is 2.00. The molecule has 1 N–H and O–H groups in total. The van der Waals surface area contributed by atoms with Crippen molar-refractivity contribution >= 4 is 11.6 Å². The minimum Gasteiger partial charge on any atom is -0.483 e. The highest BCUT2D eigenvalue weighted by Crippen LogP contribution is 2.25. The van der Waals surface area contributed by atoms with Gasteiger partial charge in [-0.25, -0.2) is 8.78 Å². The van der Waals surface area contributed by atoms with Crippen LogP contribution >= 0.6 is 0 Å². The second-order valence-corrected chi connectivity index (χ2v) is 5.16. The van der Waals surface area contributed by atoms with Crippen molar-refractivity contribution in [2.45, 2.75) is 19.8 Å². The molecule has 0 unspecified atom stereocenters. The van der Waals surface area contributed by atoms with Crippen LogP contribution in [0.5, 0.6) is 5.75 Å². The van der Waals surface area contributed by atoms with E-state index in [4.69, 9.17) is 4.74 Å². The van der Waals surface area contributed by atoms with Crippen molar-refractivity contribution in [2.24, 2.45) is 0 Å². The van der Waals surface area contributed by atoms with Gasteiger partial charge in [0.25, 0.3) is 5.91 Å². The average Bonchev–Trinajstić information content (AvgIpc) is 2.49. The van der Waals surface area contributed by atoms with Crippen LogP contribution in [0.4, 0.5) is 14.5 Å². The van der Waals surface area contributed by atoms with Gasteiger partial charge in [-0.05, 0) is 29.7 Å². The van der Waals surface area contributed by atoms with E-state index in [9.17, 15) is 13.6 Å². The van der Waals surface area contributed by atoms with E-state index in [1.165, 1.54) is 6.07 Å². The van der Waals surface area contributed by atoms with Gasteiger partial charge in [-0.3, -0.25) is 4.79 Å². The maximum absolute atomic E-state index is 13.1. The van der Waals surface area contributed by atoms with Gasteiger partial charge in [0, 0.05) is 11.8 Å². The van der Waals surface area contributed by atoms with Crippen LogP contribution in [-0.2, 0) is 4.79 Å². The quantitative estimate of drug-likeness (QED) is 0.903. The number of benzene rings is 2. The molecule has 0 saturated heterocycles. The molecule has 0 aliphatic carbocycles. The van der Waals surface area contributed by atoms with Crippen molar-refractivity contribution in [1.82, 2.24) is 0 Å². The Morgan fingerprint density at radius 1 is 1.14 bits per heavy atom. The lowest BCUT2D eigenvalue weighted by atomic mass is 10.0. The summed E-state index contributed by atoms with van der Waals surface area (Å²) in [7, 11) is 0. The van der Waals surface area contributed by atoms with E-state index in [1.807, 2.05) is 32.0 Å². The highest BCUT2D eigenvalue weighted by molar-refractivity contribution is 5.91. The number of para-hydroxylation sites is 1. The molecule has 116 valence electrons. The number of carbonyl (C=O) groups excluding carboxylic acids is 1. The summed E-state index contributed by atoms with van der Waals surface area (Å²) in [6.07, 6.45) is 0. The molecule has 0 atom stereocenters. The highest BCUT2D eigenvalue weighted by atomic mass is 19.2. The van der Waals surface area contributed by atoms with Gasteiger partial charge in [0.05, 0.1) is 0 Å². The zero-order chi connectivity index (χ0) is 16.1. The predicted molar refractivity (Wildman–Crippen MR) is 81.0 cm³/mol. The summed E-state index contributed by atoms with van der Waals surface area (Å²) in [6.45, 7) is 3.86. The van der Waals surface area contributed by atoms with Gasteiger partial charge in [0.1, 0.15) is 5.75 Å². The lowest BCUT2D eigenvalue weighted by Crippen LogP contribution is -2.20. The standard InChI is InChI=1S/C17H17F2NO2/c1-11(2)13-5-3-4-6-16(13)22-10-17(21)20-12-7-8-14(18)15(19)9-12/h3-9,11H,10H2,1-2H3,(H,20,21). The third-order valence-corrected chi connectivity index (χ3v) is 3.10. The fraction of sp³-hybridized carbons (Fsp3) is 0.235. The summed E-state index contributed by atoms with van der Waals surface area (Å²) in [6, 6.07) is 10.6. The zero-order valence-corrected chi connectivity index (χ0v) is 12.4. The van der Waals surface area contributed by atoms with Crippen LogP contribution in [0.1, 0.15) is 25.3 Å². The summed E-state index contributed by atoms with van der Waals surface area (Å²) in [5.41, 5.74) is 1.19. The maximum atomic E-state index is 13.1. The molecular formula is C17H17F2NO2. The van der Waals surface area contributed by atoms with Crippen LogP contribution in [0.2, 0.25) is 0 Å². The summed E-state index contributed by atoms with van der Waals surface area (Å²) in [5, 5.41) is 2.46. The Kier molecular flexibility index (Phi) is 5.09. The van der Waals surface area contributed by atoms with Crippen LogP contribution in [-0.4, -0.2) is 12.5 Å². The Labute approximate surface area is 127 Å². The van der Waals surface area contributed by atoms with E-state index in [0.717, 1.165) is 17.7 Å². The second-order valence-electron chi connectivity index (χ2n) is 5.16. The molecule has 22 heavy (non-hydrogen) atoms. The van der Waals surface area contributed by atoms with Gasteiger partial charge < -0.3 is 10.1 Å². The van der Waals surface area contributed by atoms with Gasteiger partial charge in [-0.2, -0.15) is 0 Å². The first kappa shape index (κ1) is 15.9. The fourth-order valence-corrected chi connectivity index (χ4v) is 2.00. The third kappa shape index (κ3) is 4.04. The topological polar surface area (TPSA) is 38.3 Å². The number of rotatable bonds is 5. The van der Waals surface area contributed by atoms with Gasteiger partial charge in [-0.15, -0.1) is 0 Å². The Balaban J connectivity index is 1.97. The minimum absolute atomic E-state index is 0.185. The van der Waals surface area contributed by atoms with Crippen LogP contribution < -0.4 is 10.1 Å². The first-order valence-electron chi connectivity index (χ1n) is 6.94. The molecule has 2 rings (SSSR count). The molecule has 0 aromatic heterocycles. The number of hydrogen-bond acceptors (Lipinski definition) is 2. The molecule has 5 heteroatoms. The smallest absolute Gasteiger partial charge is 0.262 e. The lowest BCUT2D eigenvalue weighted by Gasteiger charge is -2.13. The van der Waals surface area contributed by atoms with Crippen LogP contribution in [0, 0.1) is 11.6 Å². The van der Waals surface area contributed by atoms with Gasteiger partial charge in [0.2, 0.25) is 0 Å². The average molecular weight is 305 g/mol. The number of hydrogen-bond donors (Lipinski definition) is 1. The normalized spacial score (nSPS) is 10.6. The summed E-state index contributed by atoms with van der Waals surface area (Å²) in [5.74, 6) is -1.50. The van der Waals surface area contributed by atoms with Crippen LogP contribution in [0.25, 0.3) is 0 Å². The monoisotopic (exact) mass is 305 g/mol. The van der Waals surface area contributed by atoms with Crippen molar-refractivity contribution in [3.8, 4) is 5.75 Å². The van der Waals surface area contributed by atoms with Crippen LogP contribution in [0.15, 0.2) is 42.5 Å². The largest absolute Gasteiger partial charge is 0.483 e.